The van der Waals surface area contributed by atoms with Crippen molar-refractivity contribution in [1.29, 1.82) is 5.26 Å². The molecule has 0 N–H and O–H groups in total. The first-order valence-corrected chi connectivity index (χ1v) is 18.7. The SMILES string of the molecule is N#Cc1ccc(N(c2nc(-c3ccc4ccccc4c3)cc(-c3ccc4ccccc4c3)n2)c2ccc3c4c2ccc2cccc(c24)n3-c2ccccc2)cc1. The first kappa shape index (κ1) is 31.7. The summed E-state index contributed by atoms with van der Waals surface area (Å²) in [4.78, 5) is 12.9. The molecular weight excluding hydrogens is 683 g/mol. The summed E-state index contributed by atoms with van der Waals surface area (Å²) in [6.45, 7) is 0. The number of hydrogen-bond donors (Lipinski definition) is 0. The van der Waals surface area contributed by atoms with Gasteiger partial charge in [0.25, 0.3) is 0 Å². The van der Waals surface area contributed by atoms with Crippen LogP contribution in [0.2, 0.25) is 0 Å². The fourth-order valence-corrected chi connectivity index (χ4v) is 8.30. The number of aromatic nitrogens is 3. The molecule has 5 nitrogen and oxygen atoms in total. The van der Waals surface area contributed by atoms with E-state index in [1.165, 1.54) is 26.9 Å². The topological polar surface area (TPSA) is 57.7 Å². The highest BCUT2D eigenvalue weighted by Crippen LogP contribution is 2.46. The minimum atomic E-state index is 0.533. The lowest BCUT2D eigenvalue weighted by atomic mass is 10.00. The average molecular weight is 714 g/mol. The first-order chi connectivity index (χ1) is 27.7. The van der Waals surface area contributed by atoms with Gasteiger partial charge in [0.2, 0.25) is 5.95 Å². The lowest BCUT2D eigenvalue weighted by Gasteiger charge is -2.26. The predicted molar refractivity (Wildman–Crippen MR) is 230 cm³/mol. The Hall–Kier alpha value is -7.81. The number of hydrogen-bond acceptors (Lipinski definition) is 4. The average Bonchev–Trinajstić information content (AvgIpc) is 3.61. The monoisotopic (exact) mass is 713 g/mol. The van der Waals surface area contributed by atoms with Crippen LogP contribution in [0.1, 0.15) is 5.56 Å². The minimum absolute atomic E-state index is 0.533. The Balaban J connectivity index is 1.20. The van der Waals surface area contributed by atoms with Crippen LogP contribution in [0.5, 0.6) is 0 Å². The molecule has 11 rings (SSSR count). The van der Waals surface area contributed by atoms with Crippen molar-refractivity contribution in [2.45, 2.75) is 0 Å². The number of nitrogens with zero attached hydrogens (tertiary/aromatic N) is 5. The van der Waals surface area contributed by atoms with Gasteiger partial charge >= 0.3 is 0 Å². The van der Waals surface area contributed by atoms with Crippen LogP contribution in [0.4, 0.5) is 17.3 Å². The molecule has 0 saturated heterocycles. The summed E-state index contributed by atoms with van der Waals surface area (Å²) in [7, 11) is 0. The molecule has 0 saturated carbocycles. The third-order valence-corrected chi connectivity index (χ3v) is 11.0. The van der Waals surface area contributed by atoms with Gasteiger partial charge in [0, 0.05) is 38.7 Å². The Morgan fingerprint density at radius 2 is 1.05 bits per heavy atom. The molecule has 0 aliphatic rings. The number of para-hydroxylation sites is 1. The second-order valence-electron chi connectivity index (χ2n) is 14.2. The molecule has 0 fully saturated rings. The largest absolute Gasteiger partial charge is 0.309 e. The van der Waals surface area contributed by atoms with Gasteiger partial charge in [-0.1, -0.05) is 115 Å². The van der Waals surface area contributed by atoms with Crippen LogP contribution >= 0.6 is 0 Å². The predicted octanol–water partition coefficient (Wildman–Crippen LogP) is 13.1. The zero-order valence-corrected chi connectivity index (χ0v) is 30.1. The molecule has 0 atom stereocenters. The molecule has 0 amide bonds. The van der Waals surface area contributed by atoms with Crippen molar-refractivity contribution in [3.8, 4) is 34.3 Å². The van der Waals surface area contributed by atoms with E-state index in [2.05, 4.69) is 179 Å². The summed E-state index contributed by atoms with van der Waals surface area (Å²) in [6.07, 6.45) is 0. The molecule has 11 aromatic rings. The molecule has 5 heteroatoms. The quantitative estimate of drug-likeness (QED) is 0.161. The van der Waals surface area contributed by atoms with Gasteiger partial charge in [0.1, 0.15) is 0 Å². The van der Waals surface area contributed by atoms with Crippen molar-refractivity contribution in [1.82, 2.24) is 14.5 Å². The fraction of sp³-hybridized carbons (Fsp3) is 0. The first-order valence-electron chi connectivity index (χ1n) is 18.7. The van der Waals surface area contributed by atoms with Gasteiger partial charge in [-0.3, -0.25) is 4.90 Å². The van der Waals surface area contributed by atoms with Crippen molar-refractivity contribution in [2.75, 3.05) is 4.90 Å². The smallest absolute Gasteiger partial charge is 0.235 e. The molecule has 2 heterocycles. The molecule has 0 bridgehead atoms. The maximum absolute atomic E-state index is 9.78. The molecule has 2 aromatic heterocycles. The summed E-state index contributed by atoms with van der Waals surface area (Å²) in [5, 5.41) is 19.1. The summed E-state index contributed by atoms with van der Waals surface area (Å²) < 4.78 is 2.36. The van der Waals surface area contributed by atoms with E-state index in [1.807, 2.05) is 24.3 Å². The highest BCUT2D eigenvalue weighted by Gasteiger charge is 2.24. The number of nitriles is 1. The molecule has 0 aliphatic carbocycles. The van der Waals surface area contributed by atoms with Crippen LogP contribution in [0.25, 0.3) is 82.3 Å². The zero-order valence-electron chi connectivity index (χ0n) is 30.1. The molecule has 56 heavy (non-hydrogen) atoms. The number of rotatable bonds is 6. The zero-order chi connectivity index (χ0) is 37.2. The standard InChI is InChI=1S/C51H31N5/c52-32-33-17-24-42(25-18-33)56(46-27-28-48-50-43(46)26-23-36-13-8-16-47(49(36)50)55(48)41-14-2-1-3-15-41)51-53-44(39-21-19-34-9-4-6-11-37(34)29-39)31-45(54-51)40-22-20-35-10-5-7-12-38(35)30-40/h1-31H. The van der Waals surface area contributed by atoms with E-state index in [4.69, 9.17) is 9.97 Å². The molecular formula is C51H31N5. The Labute approximate surface area is 322 Å². The van der Waals surface area contributed by atoms with Gasteiger partial charge in [-0.15, -0.1) is 0 Å². The van der Waals surface area contributed by atoms with Crippen molar-refractivity contribution >= 4 is 71.4 Å². The van der Waals surface area contributed by atoms with Gasteiger partial charge < -0.3 is 4.57 Å². The van der Waals surface area contributed by atoms with Gasteiger partial charge in [-0.2, -0.15) is 5.26 Å². The van der Waals surface area contributed by atoms with Crippen LogP contribution in [-0.4, -0.2) is 14.5 Å². The molecule has 0 unspecified atom stereocenters. The normalized spacial score (nSPS) is 11.6. The Bertz CT molecular complexity index is 3220. The fourth-order valence-electron chi connectivity index (χ4n) is 8.30. The van der Waals surface area contributed by atoms with E-state index in [0.29, 0.717) is 11.5 Å². The molecule has 9 aromatic carbocycles. The van der Waals surface area contributed by atoms with Crippen LogP contribution < -0.4 is 4.90 Å². The van der Waals surface area contributed by atoms with E-state index in [1.54, 1.807) is 0 Å². The van der Waals surface area contributed by atoms with E-state index in [0.717, 1.165) is 66.8 Å². The van der Waals surface area contributed by atoms with Gasteiger partial charge in [0.15, 0.2) is 0 Å². The minimum Gasteiger partial charge on any atom is -0.309 e. The van der Waals surface area contributed by atoms with Crippen molar-refractivity contribution in [3.63, 3.8) is 0 Å². The highest BCUT2D eigenvalue weighted by atomic mass is 15.3. The second kappa shape index (κ2) is 12.7. The van der Waals surface area contributed by atoms with E-state index < -0.39 is 0 Å². The number of fused-ring (bicyclic) bond motifs is 2. The Morgan fingerprint density at radius 3 is 1.71 bits per heavy atom. The van der Waals surface area contributed by atoms with E-state index in [9.17, 15) is 5.26 Å². The van der Waals surface area contributed by atoms with Crippen LogP contribution in [0.3, 0.4) is 0 Å². The van der Waals surface area contributed by atoms with Gasteiger partial charge in [-0.05, 0) is 99.7 Å². The van der Waals surface area contributed by atoms with Crippen LogP contribution in [0.15, 0.2) is 188 Å². The number of anilines is 3. The molecule has 0 radical (unpaired) electrons. The van der Waals surface area contributed by atoms with Gasteiger partial charge in [-0.25, -0.2) is 9.97 Å². The van der Waals surface area contributed by atoms with Crippen LogP contribution in [-0.2, 0) is 0 Å². The van der Waals surface area contributed by atoms with E-state index in [-0.39, 0.29) is 0 Å². The van der Waals surface area contributed by atoms with Crippen molar-refractivity contribution in [3.05, 3.63) is 194 Å². The molecule has 0 aliphatic heterocycles. The summed E-state index contributed by atoms with van der Waals surface area (Å²) in [5.41, 5.74) is 9.42. The Kier molecular flexibility index (Phi) is 7.16. The van der Waals surface area contributed by atoms with Crippen molar-refractivity contribution in [2.24, 2.45) is 0 Å². The lowest BCUT2D eigenvalue weighted by molar-refractivity contribution is 1.09. The van der Waals surface area contributed by atoms with E-state index >= 15 is 0 Å². The van der Waals surface area contributed by atoms with Gasteiger partial charge in [0.05, 0.1) is 39.7 Å². The molecule has 260 valence electrons. The third kappa shape index (κ3) is 5.09. The summed E-state index contributed by atoms with van der Waals surface area (Å²) >= 11 is 0. The summed E-state index contributed by atoms with van der Waals surface area (Å²) in [5.74, 6) is 0.533. The summed E-state index contributed by atoms with van der Waals surface area (Å²) in [6, 6.07) is 67.8. The third-order valence-electron chi connectivity index (χ3n) is 11.0. The second-order valence-corrected chi connectivity index (χ2v) is 14.2. The maximum atomic E-state index is 9.78. The lowest BCUT2D eigenvalue weighted by Crippen LogP contribution is -2.15. The van der Waals surface area contributed by atoms with Crippen LogP contribution in [0, 0.1) is 11.3 Å². The maximum Gasteiger partial charge on any atom is 0.235 e. The highest BCUT2D eigenvalue weighted by molar-refractivity contribution is 6.26. The molecule has 0 spiro atoms. The number of benzene rings is 9. The Morgan fingerprint density at radius 1 is 0.464 bits per heavy atom. The van der Waals surface area contributed by atoms with Crippen molar-refractivity contribution < 1.29 is 0 Å².